The topological polar surface area (TPSA) is 67.0 Å². The third-order valence-corrected chi connectivity index (χ3v) is 4.33. The highest BCUT2D eigenvalue weighted by atomic mass is 19.4. The summed E-state index contributed by atoms with van der Waals surface area (Å²) in [5.74, 6) is -1.48. The maximum atomic E-state index is 14.2. The number of H-pyrrole nitrogens is 1. The van der Waals surface area contributed by atoms with Crippen molar-refractivity contribution in [1.29, 1.82) is 0 Å². The Bertz CT molecular complexity index is 1000. The molecule has 0 aliphatic heterocycles. The fraction of sp³-hybridized carbons (Fsp3) is 0.300. The molecule has 1 atom stereocenters. The Morgan fingerprint density at radius 1 is 1.31 bits per heavy atom. The summed E-state index contributed by atoms with van der Waals surface area (Å²) in [7, 11) is 0. The molecule has 2 heterocycles. The number of rotatable bonds is 7. The molecule has 0 radical (unpaired) electrons. The maximum absolute atomic E-state index is 14.2. The van der Waals surface area contributed by atoms with Crippen molar-refractivity contribution in [3.05, 3.63) is 59.8 Å². The van der Waals surface area contributed by atoms with Crippen LogP contribution in [0.2, 0.25) is 0 Å². The summed E-state index contributed by atoms with van der Waals surface area (Å²) in [5, 5.41) is 3.69. The molecule has 2 N–H and O–H groups in total. The van der Waals surface area contributed by atoms with Gasteiger partial charge in [0.2, 0.25) is 5.91 Å². The van der Waals surface area contributed by atoms with Crippen LogP contribution in [0, 0.1) is 5.82 Å². The average Bonchev–Trinajstić information content (AvgIpc) is 3.07. The number of aromatic amines is 1. The number of alkyl halides is 3. The first-order valence-electron chi connectivity index (χ1n) is 8.92. The highest BCUT2D eigenvalue weighted by molar-refractivity contribution is 5.84. The summed E-state index contributed by atoms with van der Waals surface area (Å²) in [6.07, 6.45) is -0.981. The molecule has 0 saturated heterocycles. The first-order chi connectivity index (χ1) is 13.7. The van der Waals surface area contributed by atoms with Gasteiger partial charge in [0, 0.05) is 29.6 Å². The van der Waals surface area contributed by atoms with Crippen molar-refractivity contribution in [1.82, 2.24) is 15.3 Å². The molecule has 1 aromatic carbocycles. The van der Waals surface area contributed by atoms with Gasteiger partial charge in [0.05, 0.1) is 17.9 Å². The molecule has 29 heavy (non-hydrogen) atoms. The second-order valence-corrected chi connectivity index (χ2v) is 6.59. The Hall–Kier alpha value is -3.10. The molecule has 1 unspecified atom stereocenters. The molecule has 0 saturated carbocycles. The van der Waals surface area contributed by atoms with E-state index in [9.17, 15) is 22.4 Å². The van der Waals surface area contributed by atoms with E-state index in [0.717, 1.165) is 28.7 Å². The van der Waals surface area contributed by atoms with Gasteiger partial charge in [-0.1, -0.05) is 18.2 Å². The number of amides is 1. The summed E-state index contributed by atoms with van der Waals surface area (Å²) in [6, 6.07) is 7.81. The van der Waals surface area contributed by atoms with Crippen LogP contribution in [0.25, 0.3) is 10.9 Å². The molecule has 0 fully saturated rings. The molecular weight excluding hydrogens is 390 g/mol. The fourth-order valence-electron chi connectivity index (χ4n) is 2.96. The van der Waals surface area contributed by atoms with E-state index in [-0.39, 0.29) is 23.8 Å². The second-order valence-electron chi connectivity index (χ2n) is 6.59. The number of aryl methyl sites for hydroxylation is 1. The number of benzene rings is 1. The summed E-state index contributed by atoms with van der Waals surface area (Å²) in [6.45, 7) is 0.0127. The van der Waals surface area contributed by atoms with E-state index in [0.29, 0.717) is 6.42 Å². The Balaban J connectivity index is 1.56. The van der Waals surface area contributed by atoms with Gasteiger partial charge in [-0.15, -0.1) is 0 Å². The van der Waals surface area contributed by atoms with Crippen LogP contribution in [-0.4, -0.2) is 28.7 Å². The van der Waals surface area contributed by atoms with Gasteiger partial charge in [-0.05, 0) is 25.0 Å². The third kappa shape index (κ3) is 5.46. The fourth-order valence-corrected chi connectivity index (χ4v) is 2.96. The predicted molar refractivity (Wildman–Crippen MR) is 98.9 cm³/mol. The number of carbonyl (C=O) groups is 1. The summed E-state index contributed by atoms with van der Waals surface area (Å²) in [5.41, 5.74) is 1.90. The van der Waals surface area contributed by atoms with Gasteiger partial charge in [-0.2, -0.15) is 13.2 Å². The number of carbonyl (C=O) groups excluding carboxylic acids is 1. The Morgan fingerprint density at radius 2 is 2.07 bits per heavy atom. The van der Waals surface area contributed by atoms with Crippen molar-refractivity contribution in [2.24, 2.45) is 0 Å². The number of nitrogens with zero attached hydrogens (tertiary/aromatic N) is 1. The Kier molecular flexibility index (Phi) is 6.05. The molecule has 1 amide bonds. The van der Waals surface area contributed by atoms with Gasteiger partial charge in [-0.3, -0.25) is 9.78 Å². The highest BCUT2D eigenvalue weighted by Crippen LogP contribution is 2.22. The minimum Gasteiger partial charge on any atom is -0.482 e. The number of para-hydroxylation sites is 1. The quantitative estimate of drug-likeness (QED) is 0.567. The molecule has 3 rings (SSSR count). The number of nitrogens with one attached hydrogen (secondary N) is 2. The monoisotopic (exact) mass is 409 g/mol. The molecule has 0 aliphatic carbocycles. The lowest BCUT2D eigenvalue weighted by Gasteiger charge is -2.15. The first kappa shape index (κ1) is 20.6. The highest BCUT2D eigenvalue weighted by Gasteiger charge is 2.28. The number of hydrogen-bond donors (Lipinski definition) is 2. The third-order valence-electron chi connectivity index (χ3n) is 4.33. The molecule has 2 aromatic heterocycles. The van der Waals surface area contributed by atoms with Gasteiger partial charge >= 0.3 is 6.18 Å². The van der Waals surface area contributed by atoms with Crippen LogP contribution in [0.5, 0.6) is 5.75 Å². The summed E-state index contributed by atoms with van der Waals surface area (Å²) < 4.78 is 55.1. The van der Waals surface area contributed by atoms with E-state index < -0.39 is 24.6 Å². The average molecular weight is 409 g/mol. The van der Waals surface area contributed by atoms with Crippen molar-refractivity contribution >= 4 is 16.8 Å². The lowest BCUT2D eigenvalue weighted by atomic mass is 10.1. The van der Waals surface area contributed by atoms with Crippen molar-refractivity contribution in [2.75, 3.05) is 6.61 Å². The maximum Gasteiger partial charge on any atom is 0.422 e. The number of fused-ring (bicyclic) bond motifs is 1. The van der Waals surface area contributed by atoms with Crippen molar-refractivity contribution in [3.8, 4) is 5.75 Å². The van der Waals surface area contributed by atoms with E-state index in [2.05, 4.69) is 20.0 Å². The predicted octanol–water partition coefficient (Wildman–Crippen LogP) is 4.45. The van der Waals surface area contributed by atoms with Gasteiger partial charge < -0.3 is 15.0 Å². The summed E-state index contributed by atoms with van der Waals surface area (Å²) in [4.78, 5) is 19.2. The molecule has 0 spiro atoms. The number of hydrogen-bond acceptors (Lipinski definition) is 3. The van der Waals surface area contributed by atoms with Crippen molar-refractivity contribution in [3.63, 3.8) is 0 Å². The van der Waals surface area contributed by atoms with Gasteiger partial charge in [-0.25, -0.2) is 4.39 Å². The second kappa shape index (κ2) is 8.50. The van der Waals surface area contributed by atoms with Gasteiger partial charge in [0.1, 0.15) is 5.75 Å². The smallest absolute Gasteiger partial charge is 0.422 e. The van der Waals surface area contributed by atoms with Crippen LogP contribution in [0.4, 0.5) is 17.6 Å². The van der Waals surface area contributed by atoms with Crippen LogP contribution in [0.1, 0.15) is 30.6 Å². The Labute approximate surface area is 164 Å². The van der Waals surface area contributed by atoms with Crippen LogP contribution in [0.15, 0.2) is 42.7 Å². The molecule has 9 heteroatoms. The van der Waals surface area contributed by atoms with Gasteiger partial charge in [0.15, 0.2) is 12.4 Å². The van der Waals surface area contributed by atoms with E-state index >= 15 is 0 Å². The lowest BCUT2D eigenvalue weighted by Crippen LogP contribution is -2.28. The summed E-state index contributed by atoms with van der Waals surface area (Å²) >= 11 is 0. The molecule has 3 aromatic rings. The Morgan fingerprint density at radius 3 is 2.79 bits per heavy atom. The minimum atomic E-state index is -4.53. The number of halogens is 4. The molecular formula is C20H19F4N3O2. The zero-order chi connectivity index (χ0) is 21.0. The van der Waals surface area contributed by atoms with Gasteiger partial charge in [0.25, 0.3) is 0 Å². The van der Waals surface area contributed by atoms with Crippen molar-refractivity contribution < 1.29 is 27.1 Å². The van der Waals surface area contributed by atoms with Crippen LogP contribution in [0.3, 0.4) is 0 Å². The van der Waals surface area contributed by atoms with Crippen molar-refractivity contribution in [2.45, 2.75) is 32.0 Å². The largest absolute Gasteiger partial charge is 0.482 e. The van der Waals surface area contributed by atoms with E-state index in [4.69, 9.17) is 0 Å². The van der Waals surface area contributed by atoms with E-state index in [1.165, 1.54) is 0 Å². The van der Waals surface area contributed by atoms with Crippen LogP contribution < -0.4 is 10.1 Å². The molecule has 154 valence electrons. The molecule has 0 aliphatic rings. The molecule has 0 bridgehead atoms. The minimum absolute atomic E-state index is 0.0789. The zero-order valence-corrected chi connectivity index (χ0v) is 15.5. The van der Waals surface area contributed by atoms with Crippen LogP contribution >= 0.6 is 0 Å². The number of aromatic nitrogens is 2. The first-order valence-corrected chi connectivity index (χ1v) is 8.92. The lowest BCUT2D eigenvalue weighted by molar-refractivity contribution is -0.153. The van der Waals surface area contributed by atoms with E-state index in [1.807, 2.05) is 30.5 Å². The standard InChI is InChI=1S/C20H19F4N3O2/c1-12(19-16(21)8-14(10-26-19)29-11-20(22,23)24)27-18(28)7-6-13-9-25-17-5-3-2-4-15(13)17/h2-5,8-10,12,25H,6-7,11H2,1H3,(H,27,28). The number of pyridine rings is 1. The SMILES string of the molecule is CC(NC(=O)CCc1c[nH]c2ccccc12)c1ncc(OCC(F)(F)F)cc1F. The number of ether oxygens (including phenoxy) is 1. The van der Waals surface area contributed by atoms with E-state index in [1.54, 1.807) is 6.92 Å². The normalized spacial score (nSPS) is 12.7. The van der Waals surface area contributed by atoms with Crippen LogP contribution in [-0.2, 0) is 11.2 Å². The molecule has 5 nitrogen and oxygen atoms in total. The zero-order valence-electron chi connectivity index (χ0n) is 15.5.